The van der Waals surface area contributed by atoms with Gasteiger partial charge in [0.25, 0.3) is 5.56 Å². The van der Waals surface area contributed by atoms with Gasteiger partial charge in [0, 0.05) is 6.07 Å². The Kier molecular flexibility index (Phi) is 5.23. The number of carbonyl (C=O) groups is 1. The molecule has 0 fully saturated rings. The molecule has 0 spiro atoms. The minimum Gasteiger partial charge on any atom is -0.467 e. The average Bonchev–Trinajstić information content (AvgIpc) is 3.52. The molecule has 5 aromatic rings. The summed E-state index contributed by atoms with van der Waals surface area (Å²) in [7, 11) is 0. The number of furan rings is 1. The summed E-state index contributed by atoms with van der Waals surface area (Å²) >= 11 is 2.38. The van der Waals surface area contributed by atoms with Crippen molar-refractivity contribution in [3.05, 3.63) is 75.8 Å². The number of benzene rings is 1. The first-order valence-corrected chi connectivity index (χ1v) is 11.1. The van der Waals surface area contributed by atoms with Gasteiger partial charge >= 0.3 is 0 Å². The van der Waals surface area contributed by atoms with Crippen molar-refractivity contribution >= 4 is 50.7 Å². The van der Waals surface area contributed by atoms with Gasteiger partial charge in [-0.15, -0.1) is 21.5 Å². The van der Waals surface area contributed by atoms with E-state index < -0.39 is 17.5 Å². The summed E-state index contributed by atoms with van der Waals surface area (Å²) in [5.41, 5.74) is 0.297. The van der Waals surface area contributed by atoms with Gasteiger partial charge in [0.15, 0.2) is 5.16 Å². The topological polar surface area (TPSA) is 94.4 Å². The van der Waals surface area contributed by atoms with E-state index in [2.05, 4.69) is 15.5 Å². The van der Waals surface area contributed by atoms with E-state index in [0.717, 1.165) is 23.9 Å². The van der Waals surface area contributed by atoms with Crippen LogP contribution in [0.25, 0.3) is 16.0 Å². The Morgan fingerprint density at radius 1 is 1.22 bits per heavy atom. The highest BCUT2D eigenvalue weighted by atomic mass is 32.2. The van der Waals surface area contributed by atoms with Crippen molar-refractivity contribution in [3.8, 4) is 0 Å². The second-order valence-electron chi connectivity index (χ2n) is 6.68. The molecule has 0 unspecified atom stereocenters. The van der Waals surface area contributed by atoms with Gasteiger partial charge in [-0.2, -0.15) is 0 Å². The lowest BCUT2D eigenvalue weighted by molar-refractivity contribution is -0.113. The van der Waals surface area contributed by atoms with Crippen LogP contribution in [0.4, 0.5) is 14.5 Å². The summed E-state index contributed by atoms with van der Waals surface area (Å²) in [4.78, 5) is 25.3. The van der Waals surface area contributed by atoms with Gasteiger partial charge in [-0.25, -0.2) is 8.78 Å². The lowest BCUT2D eigenvalue weighted by Crippen LogP contribution is -2.23. The van der Waals surface area contributed by atoms with Crippen molar-refractivity contribution in [1.29, 1.82) is 0 Å². The van der Waals surface area contributed by atoms with E-state index in [1.807, 2.05) is 0 Å². The first-order valence-electron chi connectivity index (χ1n) is 9.26. The minimum atomic E-state index is -0.863. The van der Waals surface area contributed by atoms with Crippen LogP contribution in [0.1, 0.15) is 5.76 Å². The summed E-state index contributed by atoms with van der Waals surface area (Å²) in [6, 6.07) is 8.18. The van der Waals surface area contributed by atoms with Crippen LogP contribution in [-0.2, 0) is 11.3 Å². The molecule has 8 nitrogen and oxygen atoms in total. The summed E-state index contributed by atoms with van der Waals surface area (Å²) < 4.78 is 35.9. The highest BCUT2D eigenvalue weighted by Crippen LogP contribution is 2.25. The summed E-state index contributed by atoms with van der Waals surface area (Å²) in [5, 5.41) is 12.9. The van der Waals surface area contributed by atoms with E-state index in [1.54, 1.807) is 28.0 Å². The normalized spacial score (nSPS) is 11.4. The zero-order chi connectivity index (χ0) is 22.2. The molecule has 0 aliphatic carbocycles. The number of nitrogens with one attached hydrogen (secondary N) is 1. The molecular weight excluding hydrogens is 460 g/mol. The smallest absolute Gasteiger partial charge is 0.273 e. The zero-order valence-electron chi connectivity index (χ0n) is 16.1. The van der Waals surface area contributed by atoms with Crippen LogP contribution >= 0.6 is 23.1 Å². The predicted octanol–water partition coefficient (Wildman–Crippen LogP) is 3.76. The van der Waals surface area contributed by atoms with Crippen molar-refractivity contribution < 1.29 is 18.0 Å². The van der Waals surface area contributed by atoms with Gasteiger partial charge in [0.2, 0.25) is 11.7 Å². The first kappa shape index (κ1) is 20.4. The van der Waals surface area contributed by atoms with E-state index in [9.17, 15) is 18.4 Å². The van der Waals surface area contributed by atoms with Gasteiger partial charge in [-0.05, 0) is 35.7 Å². The fraction of sp³-hybridized carbons (Fsp3) is 0.100. The number of fused-ring (bicyclic) bond motifs is 3. The Morgan fingerprint density at radius 2 is 2.09 bits per heavy atom. The number of rotatable bonds is 6. The van der Waals surface area contributed by atoms with Gasteiger partial charge < -0.3 is 9.73 Å². The molecule has 12 heteroatoms. The van der Waals surface area contributed by atoms with Gasteiger partial charge in [-0.1, -0.05) is 11.8 Å². The van der Waals surface area contributed by atoms with Crippen molar-refractivity contribution in [2.24, 2.45) is 0 Å². The van der Waals surface area contributed by atoms with Crippen LogP contribution in [0.15, 0.2) is 62.4 Å². The lowest BCUT2D eigenvalue weighted by Gasteiger charge is -2.08. The molecule has 0 aliphatic rings. The molecule has 0 radical (unpaired) electrons. The predicted molar refractivity (Wildman–Crippen MR) is 116 cm³/mol. The maximum Gasteiger partial charge on any atom is 0.273 e. The summed E-state index contributed by atoms with van der Waals surface area (Å²) in [5.74, 6) is -1.29. The van der Waals surface area contributed by atoms with E-state index in [0.29, 0.717) is 33.0 Å². The van der Waals surface area contributed by atoms with Crippen molar-refractivity contribution in [2.45, 2.75) is 11.7 Å². The number of hydrogen-bond acceptors (Lipinski definition) is 7. The second-order valence-corrected chi connectivity index (χ2v) is 8.54. The SMILES string of the molecule is O=C(CSc1nnc2n(Cc3ccco3)c(=O)c3sccc3n12)Nc1ccc(F)cc1F. The van der Waals surface area contributed by atoms with Crippen LogP contribution in [0.3, 0.4) is 0 Å². The van der Waals surface area contributed by atoms with Crippen LogP contribution in [0.2, 0.25) is 0 Å². The molecule has 1 aromatic carbocycles. The quantitative estimate of drug-likeness (QED) is 0.378. The van der Waals surface area contributed by atoms with Crippen molar-refractivity contribution in [3.63, 3.8) is 0 Å². The molecule has 32 heavy (non-hydrogen) atoms. The van der Waals surface area contributed by atoms with Crippen molar-refractivity contribution in [1.82, 2.24) is 19.2 Å². The van der Waals surface area contributed by atoms with Crippen LogP contribution in [0.5, 0.6) is 0 Å². The number of nitrogens with zero attached hydrogens (tertiary/aromatic N) is 4. The fourth-order valence-electron chi connectivity index (χ4n) is 3.20. The van der Waals surface area contributed by atoms with E-state index in [1.165, 1.54) is 22.2 Å². The molecule has 4 heterocycles. The Morgan fingerprint density at radius 3 is 2.88 bits per heavy atom. The van der Waals surface area contributed by atoms with E-state index in [4.69, 9.17) is 4.42 Å². The number of thiophene rings is 1. The molecule has 0 saturated heterocycles. The van der Waals surface area contributed by atoms with E-state index >= 15 is 0 Å². The highest BCUT2D eigenvalue weighted by molar-refractivity contribution is 7.99. The zero-order valence-corrected chi connectivity index (χ0v) is 17.8. The lowest BCUT2D eigenvalue weighted by atomic mass is 10.3. The van der Waals surface area contributed by atoms with Crippen LogP contribution in [0, 0.1) is 11.6 Å². The molecule has 1 amide bonds. The van der Waals surface area contributed by atoms with Gasteiger partial charge in [0.05, 0.1) is 29.8 Å². The molecule has 162 valence electrons. The van der Waals surface area contributed by atoms with Crippen LogP contribution in [-0.4, -0.2) is 30.8 Å². The van der Waals surface area contributed by atoms with Gasteiger partial charge in [0.1, 0.15) is 22.1 Å². The number of halogens is 2. The minimum absolute atomic E-state index is 0.0967. The third-order valence-electron chi connectivity index (χ3n) is 4.61. The Balaban J connectivity index is 1.45. The van der Waals surface area contributed by atoms with E-state index in [-0.39, 0.29) is 23.5 Å². The molecule has 0 bridgehead atoms. The molecule has 1 N–H and O–H groups in total. The summed E-state index contributed by atoms with van der Waals surface area (Å²) in [6.07, 6.45) is 1.52. The molecular formula is C20H13F2N5O3S2. The van der Waals surface area contributed by atoms with Gasteiger partial charge in [-0.3, -0.25) is 18.6 Å². The van der Waals surface area contributed by atoms with Crippen molar-refractivity contribution in [2.75, 3.05) is 11.1 Å². The Bertz CT molecular complexity index is 1510. The van der Waals surface area contributed by atoms with Crippen LogP contribution < -0.4 is 10.9 Å². The molecule has 0 atom stereocenters. The summed E-state index contributed by atoms with van der Waals surface area (Å²) in [6.45, 7) is 0.177. The Labute approximate surface area is 186 Å². The third kappa shape index (κ3) is 3.67. The number of aromatic nitrogens is 4. The molecule has 4 aromatic heterocycles. The molecule has 5 rings (SSSR count). The fourth-order valence-corrected chi connectivity index (χ4v) is 4.77. The number of hydrogen-bond donors (Lipinski definition) is 1. The molecule has 0 saturated carbocycles. The largest absolute Gasteiger partial charge is 0.467 e. The number of amides is 1. The average molecular weight is 473 g/mol. The number of carbonyl (C=O) groups excluding carboxylic acids is 1. The first-order chi connectivity index (χ1) is 15.5. The third-order valence-corrected chi connectivity index (χ3v) is 6.43. The second kappa shape index (κ2) is 8.20. The monoisotopic (exact) mass is 473 g/mol. The Hall–Kier alpha value is -3.51. The molecule has 0 aliphatic heterocycles. The number of thioether (sulfide) groups is 1. The standard InChI is InChI=1S/C20H13F2N5O3S2/c21-11-3-4-14(13(22)8-11)23-16(28)10-32-20-25-24-19-26(9-12-2-1-6-30-12)18(29)17-15(27(19)20)5-7-31-17/h1-8H,9-10H2,(H,23,28). The number of anilines is 1. The maximum atomic E-state index is 13.8. The maximum absolute atomic E-state index is 13.8. The highest BCUT2D eigenvalue weighted by Gasteiger charge is 2.19.